The molecule has 340 valence electrons. The zero-order chi connectivity index (χ0) is 46.0. The van der Waals surface area contributed by atoms with E-state index >= 15 is 0 Å². The average molecular weight is 1070 g/mol. The van der Waals surface area contributed by atoms with E-state index in [2.05, 4.69) is 225 Å². The fourth-order valence-corrected chi connectivity index (χ4v) is 9.62. The zero-order valence-corrected chi connectivity index (χ0v) is 41.7. The van der Waals surface area contributed by atoms with Gasteiger partial charge in [0.05, 0.1) is 0 Å². The second-order valence-corrected chi connectivity index (χ2v) is 19.6. The van der Waals surface area contributed by atoms with Crippen LogP contribution < -0.4 is 40.7 Å². The molecule has 7 aromatic carbocycles. The number of aromatic nitrogens is 1. The molecule has 0 atom stereocenters. The van der Waals surface area contributed by atoms with Gasteiger partial charge in [0.1, 0.15) is 5.82 Å². The van der Waals surface area contributed by atoms with E-state index in [0.717, 1.165) is 62.6 Å². The number of ether oxygens (including phenoxy) is 1. The molecule has 0 saturated heterocycles. The van der Waals surface area contributed by atoms with Crippen LogP contribution in [-0.4, -0.2) is 23.6 Å². The first-order valence-corrected chi connectivity index (χ1v) is 23.0. The van der Waals surface area contributed by atoms with Gasteiger partial charge in [-0.2, -0.15) is 12.7 Å². The molecule has 1 aromatic heterocycles. The van der Waals surface area contributed by atoms with Crippen LogP contribution in [0.25, 0.3) is 0 Å². The van der Waals surface area contributed by atoms with E-state index < -0.39 is 0 Å². The van der Waals surface area contributed by atoms with Crippen LogP contribution in [0.1, 0.15) is 52.7 Å². The summed E-state index contributed by atoms with van der Waals surface area (Å²) in [4.78, 5) is 16.4. The van der Waals surface area contributed by atoms with Gasteiger partial charge in [-0.15, -0.1) is 47.6 Å². The van der Waals surface area contributed by atoms with E-state index in [1.54, 1.807) is 0 Å². The summed E-state index contributed by atoms with van der Waals surface area (Å²) in [6, 6.07) is 66.0. The van der Waals surface area contributed by atoms with Crippen LogP contribution in [-0.2, 0) is 31.9 Å². The van der Waals surface area contributed by atoms with Crippen molar-refractivity contribution in [2.45, 2.75) is 52.4 Å². The fraction of sp³-hybridized carbons (Fsp3) is 0.153. The van der Waals surface area contributed by atoms with Gasteiger partial charge < -0.3 is 29.2 Å². The molecule has 0 unspecified atom stereocenters. The first-order chi connectivity index (χ1) is 32.4. The number of benzene rings is 7. The summed E-state index contributed by atoms with van der Waals surface area (Å²) < 4.78 is 6.82. The second-order valence-electron chi connectivity index (χ2n) is 19.6. The molecular weight excluding hydrogens is 1010 g/mol. The third-order valence-electron chi connectivity index (χ3n) is 13.0. The standard InChI is InChI=1S/C59H52BN6O.Pt/c1-58(2,3)41-29-30-61-56(35-41)64(45-23-18-24-48(36-45)67-49-34-42(59(4,5)6)33-46(37-49)63-32-31-62(7)40-63)47-38-54-57-55(39-47)66(44-21-12-9-13-22-44)53-28-17-15-26-51(53)60(57)50-25-14-16-27-52(50)65(54)43-19-10-8-11-20-43;/h8-35,38-40H,1-7H3;/q-3;. The SMILES string of the molecule is CN1C=CN(c2[c-]c(Oc3[c-]c(N(c4cc5c6c(c4)N(c4ccccc4)c4ccccc4B6c4ccccc4N5c4ccccc4)c4cc(C(C)(C)C)ccn4)ccc3)cc(C(C)(C)C)c2)[CH-]1.[Pt]. The van der Waals surface area contributed by atoms with Crippen LogP contribution in [0.3, 0.4) is 0 Å². The number of nitrogens with zero attached hydrogens (tertiary/aromatic N) is 6. The van der Waals surface area contributed by atoms with Crippen LogP contribution in [0, 0.1) is 18.8 Å². The maximum atomic E-state index is 6.82. The summed E-state index contributed by atoms with van der Waals surface area (Å²) in [5.41, 5.74) is 15.1. The van der Waals surface area contributed by atoms with Gasteiger partial charge in [0.25, 0.3) is 6.71 Å². The quantitative estimate of drug-likeness (QED) is 0.111. The summed E-state index contributed by atoms with van der Waals surface area (Å²) in [6.07, 6.45) is 5.99. The molecule has 0 aliphatic carbocycles. The van der Waals surface area contributed by atoms with Gasteiger partial charge in [0.15, 0.2) is 0 Å². The Kier molecular flexibility index (Phi) is 11.6. The van der Waals surface area contributed by atoms with Crippen molar-refractivity contribution in [2.24, 2.45) is 0 Å². The van der Waals surface area contributed by atoms with Gasteiger partial charge in [0, 0.05) is 78.6 Å². The molecule has 11 rings (SSSR count). The van der Waals surface area contributed by atoms with E-state index in [1.165, 1.54) is 22.0 Å². The monoisotopic (exact) mass is 1070 g/mol. The first-order valence-electron chi connectivity index (χ1n) is 23.0. The van der Waals surface area contributed by atoms with E-state index in [1.807, 2.05) is 49.3 Å². The number of anilines is 10. The molecule has 0 amide bonds. The molecule has 8 aromatic rings. The summed E-state index contributed by atoms with van der Waals surface area (Å²) >= 11 is 0. The largest absolute Gasteiger partial charge is 0.510 e. The van der Waals surface area contributed by atoms with Gasteiger partial charge in [0.2, 0.25) is 0 Å². The number of hydrogen-bond acceptors (Lipinski definition) is 7. The summed E-state index contributed by atoms with van der Waals surface area (Å²) in [6.45, 7) is 15.4. The van der Waals surface area contributed by atoms with Gasteiger partial charge in [-0.05, 0) is 113 Å². The molecule has 0 spiro atoms. The Morgan fingerprint density at radius 1 is 0.574 bits per heavy atom. The molecule has 0 bridgehead atoms. The van der Waals surface area contributed by atoms with Crippen molar-refractivity contribution in [1.82, 2.24) is 9.88 Å². The number of rotatable bonds is 8. The molecule has 3 aliphatic heterocycles. The fourth-order valence-electron chi connectivity index (χ4n) is 9.62. The third-order valence-corrected chi connectivity index (χ3v) is 13.0. The topological polar surface area (TPSA) is 38.3 Å². The number of fused-ring (bicyclic) bond motifs is 4. The minimum Gasteiger partial charge on any atom is -0.510 e. The molecular formula is C59H52BN6OPt-3. The van der Waals surface area contributed by atoms with Gasteiger partial charge in [-0.25, -0.2) is 4.98 Å². The minimum atomic E-state index is -0.128. The van der Waals surface area contributed by atoms with Crippen molar-refractivity contribution in [3.8, 4) is 11.5 Å². The van der Waals surface area contributed by atoms with Crippen LogP contribution in [0.2, 0.25) is 0 Å². The Morgan fingerprint density at radius 2 is 1.16 bits per heavy atom. The average Bonchev–Trinajstić information content (AvgIpc) is 3.78. The zero-order valence-electron chi connectivity index (χ0n) is 39.4. The molecule has 0 saturated carbocycles. The normalized spacial score (nSPS) is 13.7. The third kappa shape index (κ3) is 8.15. The molecule has 0 radical (unpaired) electrons. The van der Waals surface area contributed by atoms with Gasteiger partial charge in [-0.1, -0.05) is 120 Å². The molecule has 7 nitrogen and oxygen atoms in total. The van der Waals surface area contributed by atoms with Crippen molar-refractivity contribution < 1.29 is 25.8 Å². The Balaban J connectivity index is 0.00000539. The first kappa shape index (κ1) is 44.8. The summed E-state index contributed by atoms with van der Waals surface area (Å²) in [5.74, 6) is 1.96. The predicted molar refractivity (Wildman–Crippen MR) is 278 cm³/mol. The van der Waals surface area contributed by atoms with Crippen LogP contribution in [0.15, 0.2) is 182 Å². The van der Waals surface area contributed by atoms with Crippen molar-refractivity contribution in [3.05, 3.63) is 212 Å². The second kappa shape index (κ2) is 17.6. The van der Waals surface area contributed by atoms with Crippen LogP contribution >= 0.6 is 0 Å². The minimum absolute atomic E-state index is 0. The smallest absolute Gasteiger partial charge is 0.252 e. The predicted octanol–water partition coefficient (Wildman–Crippen LogP) is 13.0. The van der Waals surface area contributed by atoms with Crippen molar-refractivity contribution in [3.63, 3.8) is 0 Å². The Hall–Kier alpha value is -7.02. The van der Waals surface area contributed by atoms with E-state index in [9.17, 15) is 0 Å². The maximum absolute atomic E-state index is 6.82. The van der Waals surface area contributed by atoms with Crippen LogP contribution in [0.5, 0.6) is 11.5 Å². The molecule has 0 fully saturated rings. The van der Waals surface area contributed by atoms with Crippen molar-refractivity contribution in [1.29, 1.82) is 0 Å². The molecule has 68 heavy (non-hydrogen) atoms. The number of para-hydroxylation sites is 4. The molecule has 3 aliphatic rings. The Morgan fingerprint density at radius 3 is 1.74 bits per heavy atom. The molecule has 0 N–H and O–H groups in total. The van der Waals surface area contributed by atoms with E-state index in [-0.39, 0.29) is 38.6 Å². The van der Waals surface area contributed by atoms with Gasteiger partial charge >= 0.3 is 0 Å². The number of pyridine rings is 1. The van der Waals surface area contributed by atoms with E-state index in [0.29, 0.717) is 11.5 Å². The molecule has 9 heteroatoms. The van der Waals surface area contributed by atoms with Crippen molar-refractivity contribution >= 4 is 80.1 Å². The number of hydrogen-bond donors (Lipinski definition) is 0. The molecule has 4 heterocycles. The van der Waals surface area contributed by atoms with E-state index in [4.69, 9.17) is 9.72 Å². The summed E-state index contributed by atoms with van der Waals surface area (Å²) in [7, 11) is 2.02. The van der Waals surface area contributed by atoms with Crippen LogP contribution in [0.4, 0.5) is 57.0 Å². The maximum Gasteiger partial charge on any atom is 0.252 e. The van der Waals surface area contributed by atoms with Crippen molar-refractivity contribution in [2.75, 3.05) is 26.6 Å². The Labute approximate surface area is 416 Å². The Bertz CT molecular complexity index is 3070. The van der Waals surface area contributed by atoms with Gasteiger partial charge in [-0.3, -0.25) is 0 Å². The summed E-state index contributed by atoms with van der Waals surface area (Å²) in [5, 5.41) is 0.